The average Bonchev–Trinajstić information content (AvgIpc) is 2.17. The van der Waals surface area contributed by atoms with Crippen LogP contribution in [-0.2, 0) is 4.74 Å². The van der Waals surface area contributed by atoms with Crippen molar-refractivity contribution in [3.05, 3.63) is 29.8 Å². The SMILES string of the molecule is Cc1ccc(N2C[C@@H](C)O[C@@H](C)C2)cc1. The zero-order valence-electron chi connectivity index (χ0n) is 9.73. The Kier molecular flexibility index (Phi) is 2.96. The van der Waals surface area contributed by atoms with Crippen molar-refractivity contribution < 1.29 is 4.74 Å². The third-order valence-corrected chi connectivity index (χ3v) is 2.82. The predicted octanol–water partition coefficient (Wildman–Crippen LogP) is 2.61. The number of ether oxygens (including phenoxy) is 1. The number of benzene rings is 1. The van der Waals surface area contributed by atoms with Crippen molar-refractivity contribution in [2.75, 3.05) is 18.0 Å². The summed E-state index contributed by atoms with van der Waals surface area (Å²) in [6.45, 7) is 8.38. The van der Waals surface area contributed by atoms with Crippen molar-refractivity contribution >= 4 is 5.69 Å². The van der Waals surface area contributed by atoms with Gasteiger partial charge in [0.1, 0.15) is 0 Å². The maximum atomic E-state index is 5.72. The van der Waals surface area contributed by atoms with E-state index in [0.29, 0.717) is 12.2 Å². The summed E-state index contributed by atoms with van der Waals surface area (Å²) in [5.41, 5.74) is 2.62. The van der Waals surface area contributed by atoms with Crippen LogP contribution in [0.4, 0.5) is 5.69 Å². The molecular formula is C13H19NO. The second-order valence-corrected chi connectivity index (χ2v) is 4.50. The van der Waals surface area contributed by atoms with E-state index in [2.05, 4.69) is 49.9 Å². The predicted molar refractivity (Wildman–Crippen MR) is 63.4 cm³/mol. The molecule has 15 heavy (non-hydrogen) atoms. The van der Waals surface area contributed by atoms with E-state index < -0.39 is 0 Å². The summed E-state index contributed by atoms with van der Waals surface area (Å²) in [5, 5.41) is 0. The standard InChI is InChI=1S/C13H19NO/c1-10-4-6-13(7-5-10)14-8-11(2)15-12(3)9-14/h4-7,11-12H,8-9H2,1-3H3/t11-,12+. The molecule has 1 heterocycles. The van der Waals surface area contributed by atoms with Crippen LogP contribution in [0, 0.1) is 6.92 Å². The number of rotatable bonds is 1. The summed E-state index contributed by atoms with van der Waals surface area (Å²) in [7, 11) is 0. The zero-order valence-corrected chi connectivity index (χ0v) is 9.73. The normalized spacial score (nSPS) is 26.7. The van der Waals surface area contributed by atoms with Crippen molar-refractivity contribution in [3.8, 4) is 0 Å². The number of aryl methyl sites for hydroxylation is 1. The van der Waals surface area contributed by atoms with Crippen LogP contribution in [-0.4, -0.2) is 25.3 Å². The number of morpholine rings is 1. The molecule has 0 aromatic heterocycles. The first-order valence-corrected chi connectivity index (χ1v) is 5.62. The first kappa shape index (κ1) is 10.5. The van der Waals surface area contributed by atoms with E-state index in [9.17, 15) is 0 Å². The first-order chi connectivity index (χ1) is 7.15. The molecule has 0 unspecified atom stereocenters. The van der Waals surface area contributed by atoms with Crippen LogP contribution < -0.4 is 4.90 Å². The third kappa shape index (κ3) is 2.51. The van der Waals surface area contributed by atoms with Crippen molar-refractivity contribution in [1.82, 2.24) is 0 Å². The van der Waals surface area contributed by atoms with Crippen LogP contribution in [0.15, 0.2) is 24.3 Å². The molecule has 1 aromatic carbocycles. The van der Waals surface area contributed by atoms with Crippen molar-refractivity contribution in [2.45, 2.75) is 33.0 Å². The molecule has 1 aliphatic heterocycles. The van der Waals surface area contributed by atoms with Crippen molar-refractivity contribution in [3.63, 3.8) is 0 Å². The molecule has 2 heteroatoms. The van der Waals surface area contributed by atoms with Gasteiger partial charge in [-0.2, -0.15) is 0 Å². The minimum Gasteiger partial charge on any atom is -0.372 e. The van der Waals surface area contributed by atoms with E-state index >= 15 is 0 Å². The molecule has 0 saturated carbocycles. The highest BCUT2D eigenvalue weighted by atomic mass is 16.5. The fraction of sp³-hybridized carbons (Fsp3) is 0.538. The zero-order chi connectivity index (χ0) is 10.8. The van der Waals surface area contributed by atoms with Gasteiger partial charge in [0.05, 0.1) is 12.2 Å². The highest BCUT2D eigenvalue weighted by Gasteiger charge is 2.21. The molecular weight excluding hydrogens is 186 g/mol. The Morgan fingerprint density at radius 2 is 1.60 bits per heavy atom. The molecule has 0 radical (unpaired) electrons. The number of hydrogen-bond donors (Lipinski definition) is 0. The van der Waals surface area contributed by atoms with Gasteiger partial charge in [-0.25, -0.2) is 0 Å². The van der Waals surface area contributed by atoms with Crippen LogP contribution in [0.1, 0.15) is 19.4 Å². The largest absolute Gasteiger partial charge is 0.372 e. The van der Waals surface area contributed by atoms with Gasteiger partial charge in [0.15, 0.2) is 0 Å². The molecule has 0 spiro atoms. The quantitative estimate of drug-likeness (QED) is 0.698. The maximum absolute atomic E-state index is 5.72. The summed E-state index contributed by atoms with van der Waals surface area (Å²) in [4.78, 5) is 2.40. The maximum Gasteiger partial charge on any atom is 0.0726 e. The molecule has 2 atom stereocenters. The summed E-state index contributed by atoms with van der Waals surface area (Å²) in [6.07, 6.45) is 0.658. The smallest absolute Gasteiger partial charge is 0.0726 e. The molecule has 0 amide bonds. The second-order valence-electron chi connectivity index (χ2n) is 4.50. The van der Waals surface area contributed by atoms with Gasteiger partial charge < -0.3 is 9.64 Å². The minimum atomic E-state index is 0.329. The van der Waals surface area contributed by atoms with E-state index in [1.54, 1.807) is 0 Å². The van der Waals surface area contributed by atoms with E-state index in [0.717, 1.165) is 13.1 Å². The fourth-order valence-electron chi connectivity index (χ4n) is 2.14. The fourth-order valence-corrected chi connectivity index (χ4v) is 2.14. The molecule has 82 valence electrons. The second kappa shape index (κ2) is 4.23. The summed E-state index contributed by atoms with van der Waals surface area (Å²) < 4.78 is 5.72. The lowest BCUT2D eigenvalue weighted by Gasteiger charge is -2.36. The van der Waals surface area contributed by atoms with E-state index in [1.807, 2.05) is 0 Å². The Morgan fingerprint density at radius 1 is 1.07 bits per heavy atom. The molecule has 1 fully saturated rings. The lowest BCUT2D eigenvalue weighted by atomic mass is 10.1. The summed E-state index contributed by atoms with van der Waals surface area (Å²) in [5.74, 6) is 0. The van der Waals surface area contributed by atoms with Gasteiger partial charge in [-0.05, 0) is 32.9 Å². The van der Waals surface area contributed by atoms with Crippen molar-refractivity contribution in [2.24, 2.45) is 0 Å². The Bertz CT molecular complexity index is 310. The van der Waals surface area contributed by atoms with Crippen LogP contribution in [0.2, 0.25) is 0 Å². The Hall–Kier alpha value is -1.02. The van der Waals surface area contributed by atoms with Gasteiger partial charge in [-0.15, -0.1) is 0 Å². The van der Waals surface area contributed by atoms with Crippen LogP contribution in [0.25, 0.3) is 0 Å². The first-order valence-electron chi connectivity index (χ1n) is 5.62. The number of hydrogen-bond acceptors (Lipinski definition) is 2. The van der Waals surface area contributed by atoms with Gasteiger partial charge in [-0.3, -0.25) is 0 Å². The monoisotopic (exact) mass is 205 g/mol. The Labute approximate surface area is 91.9 Å². The molecule has 0 aliphatic carbocycles. The van der Waals surface area contributed by atoms with Crippen molar-refractivity contribution in [1.29, 1.82) is 0 Å². The van der Waals surface area contributed by atoms with Crippen LogP contribution in [0.3, 0.4) is 0 Å². The lowest BCUT2D eigenvalue weighted by molar-refractivity contribution is -0.00521. The molecule has 1 saturated heterocycles. The van der Waals surface area contributed by atoms with Crippen LogP contribution >= 0.6 is 0 Å². The van der Waals surface area contributed by atoms with E-state index in [-0.39, 0.29) is 0 Å². The van der Waals surface area contributed by atoms with Gasteiger partial charge >= 0.3 is 0 Å². The van der Waals surface area contributed by atoms with Gasteiger partial charge in [-0.1, -0.05) is 17.7 Å². The molecule has 0 N–H and O–H groups in total. The van der Waals surface area contributed by atoms with Gasteiger partial charge in [0.2, 0.25) is 0 Å². The van der Waals surface area contributed by atoms with Gasteiger partial charge in [0, 0.05) is 18.8 Å². The van der Waals surface area contributed by atoms with Gasteiger partial charge in [0.25, 0.3) is 0 Å². The average molecular weight is 205 g/mol. The lowest BCUT2D eigenvalue weighted by Crippen LogP contribution is -2.45. The molecule has 2 nitrogen and oxygen atoms in total. The highest BCUT2D eigenvalue weighted by molar-refractivity contribution is 5.48. The molecule has 2 rings (SSSR count). The summed E-state index contributed by atoms with van der Waals surface area (Å²) >= 11 is 0. The van der Waals surface area contributed by atoms with E-state index in [1.165, 1.54) is 11.3 Å². The molecule has 1 aromatic rings. The summed E-state index contributed by atoms with van der Waals surface area (Å²) in [6, 6.07) is 8.72. The molecule has 1 aliphatic rings. The van der Waals surface area contributed by atoms with E-state index in [4.69, 9.17) is 4.74 Å². The number of nitrogens with zero attached hydrogens (tertiary/aromatic N) is 1. The Balaban J connectivity index is 2.12. The molecule has 0 bridgehead atoms. The topological polar surface area (TPSA) is 12.5 Å². The third-order valence-electron chi connectivity index (χ3n) is 2.82. The Morgan fingerprint density at radius 3 is 2.13 bits per heavy atom. The van der Waals surface area contributed by atoms with Crippen LogP contribution in [0.5, 0.6) is 0 Å². The minimum absolute atomic E-state index is 0.329. The highest BCUT2D eigenvalue weighted by Crippen LogP contribution is 2.20. The number of anilines is 1.